The van der Waals surface area contributed by atoms with Gasteiger partial charge in [0.05, 0.1) is 51.5 Å². The fourth-order valence-corrected chi connectivity index (χ4v) is 8.20. The number of hydrogen-bond acceptors (Lipinski definition) is 13. The summed E-state index contributed by atoms with van der Waals surface area (Å²) in [6.45, 7) is 0.0223. The summed E-state index contributed by atoms with van der Waals surface area (Å²) in [7, 11) is 0.132. The van der Waals surface area contributed by atoms with Crippen LogP contribution in [0.2, 0.25) is 0 Å². The van der Waals surface area contributed by atoms with E-state index in [-0.39, 0.29) is 36.3 Å². The van der Waals surface area contributed by atoms with E-state index in [4.69, 9.17) is 48.9 Å². The predicted molar refractivity (Wildman–Crippen MR) is 178 cm³/mol. The molecule has 0 unspecified atom stereocenters. The summed E-state index contributed by atoms with van der Waals surface area (Å²) in [6, 6.07) is 17.8. The maximum Gasteiger partial charge on any atom is 0.339 e. The molecule has 4 aromatic carbocycles. The summed E-state index contributed by atoms with van der Waals surface area (Å²) in [5.74, 6) is 0.0596. The lowest BCUT2D eigenvalue weighted by molar-refractivity contribution is -0.385. The fourth-order valence-electron chi connectivity index (χ4n) is 6.75. The standard InChI is InChI=1S/C35H30ClNO13S/c1-43-29-11-20(12-30(44-2)33(29)45-3)31-24-14-27-28(49-18-48-27)15-25(24)32(26-17-47-34(38)35(26,31)36)46-16-19-7-9-22(10-8-19)50-51(41,42)23-6-4-5-21(13-23)37(39)40/h4-15,26,31-32H,16-18H2,1-3H3/t26-,31-,32+,35-/m1/s1. The Balaban J connectivity index is 1.21. The van der Waals surface area contributed by atoms with Gasteiger partial charge in [0.25, 0.3) is 5.69 Å². The van der Waals surface area contributed by atoms with E-state index in [1.807, 2.05) is 6.07 Å². The number of non-ortho nitro benzene ring substituents is 1. The van der Waals surface area contributed by atoms with Gasteiger partial charge in [-0.15, -0.1) is 11.6 Å². The molecule has 0 saturated carbocycles. The number of carbonyl (C=O) groups is 1. The lowest BCUT2D eigenvalue weighted by Crippen LogP contribution is -2.48. The number of alkyl halides is 1. The van der Waals surface area contributed by atoms with E-state index < -0.39 is 43.8 Å². The second-order valence-electron chi connectivity index (χ2n) is 11.9. The van der Waals surface area contributed by atoms with E-state index in [0.717, 1.165) is 6.07 Å². The summed E-state index contributed by atoms with van der Waals surface area (Å²) in [6.07, 6.45) is -0.748. The van der Waals surface area contributed by atoms with Gasteiger partial charge in [-0.3, -0.25) is 14.9 Å². The third kappa shape index (κ3) is 5.90. The minimum Gasteiger partial charge on any atom is -0.493 e. The van der Waals surface area contributed by atoms with Crippen molar-refractivity contribution in [3.05, 3.63) is 105 Å². The number of esters is 1. The SMILES string of the molecule is COc1cc([C@@H]2c3cc4c(cc3[C@H](OCc3ccc(OS(=O)(=O)c5cccc([N+](=O)[O-])c5)cc3)[C@H]3COC(=O)[C@]23Cl)OCO4)cc(OC)c1OC. The zero-order chi connectivity index (χ0) is 36.1. The van der Waals surface area contributed by atoms with Gasteiger partial charge in [-0.25, -0.2) is 0 Å². The highest BCUT2D eigenvalue weighted by atomic mass is 35.5. The third-order valence-corrected chi connectivity index (χ3v) is 11.0. The van der Waals surface area contributed by atoms with Crippen LogP contribution in [-0.4, -0.2) is 58.9 Å². The topological polar surface area (TPSA) is 168 Å². The number of halogens is 1. The number of nitro groups is 1. The molecule has 51 heavy (non-hydrogen) atoms. The number of hydrogen-bond donors (Lipinski definition) is 0. The number of methoxy groups -OCH3 is 3. The summed E-state index contributed by atoms with van der Waals surface area (Å²) in [5, 5.41) is 11.1. The zero-order valence-electron chi connectivity index (χ0n) is 27.3. The number of benzene rings is 4. The molecule has 7 rings (SSSR count). The van der Waals surface area contributed by atoms with Crippen LogP contribution in [0, 0.1) is 16.0 Å². The van der Waals surface area contributed by atoms with Crippen LogP contribution in [-0.2, 0) is 31.0 Å². The van der Waals surface area contributed by atoms with Crippen LogP contribution in [0.4, 0.5) is 5.69 Å². The van der Waals surface area contributed by atoms with Crippen molar-refractivity contribution in [1.82, 2.24) is 0 Å². The highest BCUT2D eigenvalue weighted by molar-refractivity contribution is 7.87. The molecule has 1 aliphatic carbocycles. The molecule has 14 nitrogen and oxygen atoms in total. The molecule has 16 heteroatoms. The lowest BCUT2D eigenvalue weighted by Gasteiger charge is -2.43. The van der Waals surface area contributed by atoms with Gasteiger partial charge < -0.3 is 37.3 Å². The van der Waals surface area contributed by atoms with E-state index in [0.29, 0.717) is 51.0 Å². The smallest absolute Gasteiger partial charge is 0.339 e. The highest BCUT2D eigenvalue weighted by Gasteiger charge is 2.64. The highest BCUT2D eigenvalue weighted by Crippen LogP contribution is 2.61. The van der Waals surface area contributed by atoms with Gasteiger partial charge in [-0.05, 0) is 64.7 Å². The minimum absolute atomic E-state index is 0.0104. The maximum atomic E-state index is 13.7. The number of ether oxygens (including phenoxy) is 7. The van der Waals surface area contributed by atoms with E-state index in [1.54, 1.807) is 30.3 Å². The zero-order valence-corrected chi connectivity index (χ0v) is 28.9. The molecule has 2 aliphatic heterocycles. The molecule has 3 aliphatic rings. The molecule has 0 aromatic heterocycles. The predicted octanol–water partition coefficient (Wildman–Crippen LogP) is 5.67. The Morgan fingerprint density at radius 2 is 1.57 bits per heavy atom. The monoisotopic (exact) mass is 739 g/mol. The van der Waals surface area contributed by atoms with Crippen LogP contribution in [0.3, 0.4) is 0 Å². The van der Waals surface area contributed by atoms with Gasteiger partial charge in [-0.2, -0.15) is 8.42 Å². The van der Waals surface area contributed by atoms with Crippen LogP contribution in [0.15, 0.2) is 77.7 Å². The summed E-state index contributed by atoms with van der Waals surface area (Å²) in [5.41, 5.74) is 2.23. The third-order valence-electron chi connectivity index (χ3n) is 9.12. The van der Waals surface area contributed by atoms with Crippen molar-refractivity contribution in [1.29, 1.82) is 0 Å². The van der Waals surface area contributed by atoms with Gasteiger partial charge in [0.1, 0.15) is 10.6 Å². The van der Waals surface area contributed by atoms with Crippen LogP contribution in [0.25, 0.3) is 0 Å². The normalized spacial score (nSPS) is 21.6. The Bertz CT molecular complexity index is 2120. The molecule has 2 heterocycles. The Morgan fingerprint density at radius 1 is 0.902 bits per heavy atom. The van der Waals surface area contributed by atoms with Crippen molar-refractivity contribution in [2.75, 3.05) is 34.7 Å². The number of nitrogens with zero attached hydrogens (tertiary/aromatic N) is 1. The first-order valence-corrected chi connectivity index (χ1v) is 17.3. The molecular weight excluding hydrogens is 710 g/mol. The first kappa shape index (κ1) is 34.2. The lowest BCUT2D eigenvalue weighted by atomic mass is 9.65. The molecule has 0 amide bonds. The quantitative estimate of drug-likeness (QED) is 0.0607. The van der Waals surface area contributed by atoms with Crippen molar-refractivity contribution in [3.8, 4) is 34.5 Å². The van der Waals surface area contributed by atoms with Gasteiger partial charge in [-0.1, -0.05) is 18.2 Å². The average molecular weight is 740 g/mol. The molecule has 0 spiro atoms. The minimum atomic E-state index is -4.35. The Labute approximate surface area is 296 Å². The van der Waals surface area contributed by atoms with Gasteiger partial charge in [0.15, 0.2) is 27.9 Å². The van der Waals surface area contributed by atoms with E-state index in [2.05, 4.69) is 0 Å². The summed E-state index contributed by atoms with van der Waals surface area (Å²) < 4.78 is 71.3. The number of fused-ring (bicyclic) bond motifs is 3. The van der Waals surface area contributed by atoms with Crippen molar-refractivity contribution in [2.45, 2.75) is 28.4 Å². The number of carbonyl (C=O) groups excluding carboxylic acids is 1. The number of cyclic esters (lactones) is 1. The van der Waals surface area contributed by atoms with Crippen molar-refractivity contribution >= 4 is 33.4 Å². The Kier molecular flexibility index (Phi) is 8.81. The van der Waals surface area contributed by atoms with E-state index >= 15 is 0 Å². The molecule has 4 aromatic rings. The van der Waals surface area contributed by atoms with Crippen LogP contribution in [0.1, 0.15) is 34.3 Å². The Morgan fingerprint density at radius 3 is 2.20 bits per heavy atom. The van der Waals surface area contributed by atoms with Crippen LogP contribution in [0.5, 0.6) is 34.5 Å². The molecule has 0 radical (unpaired) electrons. The molecule has 0 N–H and O–H groups in total. The molecule has 1 fully saturated rings. The molecule has 0 bridgehead atoms. The summed E-state index contributed by atoms with van der Waals surface area (Å²) >= 11 is 7.45. The fraction of sp³-hybridized carbons (Fsp3) is 0.286. The van der Waals surface area contributed by atoms with Gasteiger partial charge in [0.2, 0.25) is 12.5 Å². The first-order valence-electron chi connectivity index (χ1n) is 15.5. The van der Waals surface area contributed by atoms with Gasteiger partial charge >= 0.3 is 16.1 Å². The van der Waals surface area contributed by atoms with Gasteiger partial charge in [0, 0.05) is 18.1 Å². The molecule has 1 saturated heterocycles. The largest absolute Gasteiger partial charge is 0.493 e. The van der Waals surface area contributed by atoms with Crippen molar-refractivity contribution < 1.29 is 55.5 Å². The first-order chi connectivity index (χ1) is 24.5. The maximum absolute atomic E-state index is 13.7. The van der Waals surface area contributed by atoms with Crippen LogP contribution >= 0.6 is 11.6 Å². The second-order valence-corrected chi connectivity index (χ2v) is 14.0. The molecule has 266 valence electrons. The van der Waals surface area contributed by atoms with Crippen LogP contribution < -0.4 is 27.9 Å². The average Bonchev–Trinajstić information content (AvgIpc) is 3.72. The molecular formula is C35H30ClNO13S. The van der Waals surface area contributed by atoms with E-state index in [1.165, 1.54) is 51.7 Å². The Hall–Kier alpha value is -5.25. The van der Waals surface area contributed by atoms with Crippen molar-refractivity contribution in [2.24, 2.45) is 5.92 Å². The van der Waals surface area contributed by atoms with Crippen molar-refractivity contribution in [3.63, 3.8) is 0 Å². The molecule has 4 atom stereocenters. The number of rotatable bonds is 11. The number of nitro benzene ring substituents is 1. The van der Waals surface area contributed by atoms with E-state index in [9.17, 15) is 23.3 Å². The second kappa shape index (κ2) is 13.1. The summed E-state index contributed by atoms with van der Waals surface area (Å²) in [4.78, 5) is 22.1.